The van der Waals surface area contributed by atoms with Crippen molar-refractivity contribution in [2.45, 2.75) is 122 Å². The van der Waals surface area contributed by atoms with Gasteiger partial charge in [0.2, 0.25) is 0 Å². The van der Waals surface area contributed by atoms with Crippen molar-refractivity contribution in [1.29, 1.82) is 0 Å². The van der Waals surface area contributed by atoms with E-state index in [4.69, 9.17) is 9.84 Å². The minimum Gasteiger partial charge on any atom is -0.481 e. The zero-order valence-corrected chi connectivity index (χ0v) is 20.8. The third-order valence-electron chi connectivity index (χ3n) is 5.90. The standard InChI is InChI=1S/C26H51NO5/c1-2-3-4-5-12-17-24-32-26(31)19-14-9-7-11-16-21-27(22-23-28)20-15-10-6-8-13-18-25(29)30/h28H,2-24H2,1H3,(H,29,30). The summed E-state index contributed by atoms with van der Waals surface area (Å²) in [5.41, 5.74) is 0. The largest absolute Gasteiger partial charge is 0.481 e. The molecule has 6 heteroatoms. The molecule has 0 aliphatic rings. The average molecular weight is 458 g/mol. The molecule has 0 amide bonds. The molecule has 32 heavy (non-hydrogen) atoms. The van der Waals surface area contributed by atoms with E-state index in [1.54, 1.807) is 0 Å². The quantitative estimate of drug-likeness (QED) is 0.130. The summed E-state index contributed by atoms with van der Waals surface area (Å²) in [6.45, 7) is 5.73. The van der Waals surface area contributed by atoms with E-state index in [2.05, 4.69) is 11.8 Å². The maximum absolute atomic E-state index is 11.8. The van der Waals surface area contributed by atoms with Gasteiger partial charge in [0.1, 0.15) is 0 Å². The first kappa shape index (κ1) is 30.9. The van der Waals surface area contributed by atoms with Crippen LogP contribution in [0.5, 0.6) is 0 Å². The Balaban J connectivity index is 3.51. The number of ether oxygens (including phenoxy) is 1. The fourth-order valence-electron chi connectivity index (χ4n) is 3.89. The number of aliphatic hydroxyl groups is 1. The molecule has 0 spiro atoms. The molecular formula is C26H51NO5. The number of aliphatic hydroxyl groups excluding tert-OH is 1. The van der Waals surface area contributed by atoms with E-state index >= 15 is 0 Å². The molecule has 0 radical (unpaired) electrons. The zero-order valence-electron chi connectivity index (χ0n) is 20.8. The van der Waals surface area contributed by atoms with Gasteiger partial charge in [0.15, 0.2) is 0 Å². The first-order chi connectivity index (χ1) is 15.6. The number of aliphatic carboxylic acids is 1. The summed E-state index contributed by atoms with van der Waals surface area (Å²) in [6.07, 6.45) is 18.5. The zero-order chi connectivity index (χ0) is 23.7. The topological polar surface area (TPSA) is 87.1 Å². The van der Waals surface area contributed by atoms with E-state index in [0.717, 1.165) is 96.7 Å². The van der Waals surface area contributed by atoms with Gasteiger partial charge in [-0.25, -0.2) is 0 Å². The lowest BCUT2D eigenvalue weighted by atomic mass is 10.1. The normalized spacial score (nSPS) is 11.2. The fraction of sp³-hybridized carbons (Fsp3) is 0.923. The van der Waals surface area contributed by atoms with Crippen LogP contribution in [0.1, 0.15) is 122 Å². The number of rotatable bonds is 25. The van der Waals surface area contributed by atoms with Crippen LogP contribution in [0.2, 0.25) is 0 Å². The predicted octanol–water partition coefficient (Wildman–Crippen LogP) is 5.95. The van der Waals surface area contributed by atoms with Crippen molar-refractivity contribution in [3.05, 3.63) is 0 Å². The molecule has 0 fully saturated rings. The Morgan fingerprint density at radius 2 is 1.16 bits per heavy atom. The lowest BCUT2D eigenvalue weighted by molar-refractivity contribution is -0.144. The summed E-state index contributed by atoms with van der Waals surface area (Å²) >= 11 is 0. The molecule has 0 unspecified atom stereocenters. The molecule has 0 aromatic carbocycles. The van der Waals surface area contributed by atoms with E-state index in [1.807, 2.05) is 0 Å². The molecule has 0 heterocycles. The molecule has 0 bridgehead atoms. The van der Waals surface area contributed by atoms with E-state index in [9.17, 15) is 14.7 Å². The van der Waals surface area contributed by atoms with Gasteiger partial charge >= 0.3 is 11.9 Å². The van der Waals surface area contributed by atoms with Crippen LogP contribution in [0.4, 0.5) is 0 Å². The molecular weight excluding hydrogens is 406 g/mol. The number of carbonyl (C=O) groups excluding carboxylic acids is 1. The summed E-state index contributed by atoms with van der Waals surface area (Å²) in [7, 11) is 0. The summed E-state index contributed by atoms with van der Waals surface area (Å²) in [5.74, 6) is -0.752. The van der Waals surface area contributed by atoms with E-state index in [1.165, 1.54) is 25.7 Å². The van der Waals surface area contributed by atoms with Gasteiger partial charge < -0.3 is 19.8 Å². The lowest BCUT2D eigenvalue weighted by Crippen LogP contribution is -2.29. The van der Waals surface area contributed by atoms with Crippen LogP contribution in [0.15, 0.2) is 0 Å². The number of hydrogen-bond donors (Lipinski definition) is 2. The second-order valence-electron chi connectivity index (χ2n) is 8.98. The molecule has 6 nitrogen and oxygen atoms in total. The van der Waals surface area contributed by atoms with E-state index in [-0.39, 0.29) is 19.0 Å². The minimum atomic E-state index is -0.706. The molecule has 0 saturated carbocycles. The summed E-state index contributed by atoms with van der Waals surface area (Å²) in [6, 6.07) is 0. The van der Waals surface area contributed by atoms with E-state index in [0.29, 0.717) is 13.0 Å². The SMILES string of the molecule is CCCCCCCCOC(=O)CCCCCCCN(CCO)CCCCCCCC(=O)O. The highest BCUT2D eigenvalue weighted by molar-refractivity contribution is 5.69. The van der Waals surface area contributed by atoms with Gasteiger partial charge in [-0.2, -0.15) is 0 Å². The molecule has 0 saturated heterocycles. The maximum atomic E-state index is 11.8. The van der Waals surface area contributed by atoms with Gasteiger partial charge in [-0.05, 0) is 45.2 Å². The van der Waals surface area contributed by atoms with Crippen LogP contribution in [0.25, 0.3) is 0 Å². The number of carboxylic acids is 1. The van der Waals surface area contributed by atoms with Crippen molar-refractivity contribution >= 4 is 11.9 Å². The van der Waals surface area contributed by atoms with Gasteiger partial charge in [-0.15, -0.1) is 0 Å². The number of esters is 1. The first-order valence-electron chi connectivity index (χ1n) is 13.3. The van der Waals surface area contributed by atoms with Crippen LogP contribution < -0.4 is 0 Å². The highest BCUT2D eigenvalue weighted by Crippen LogP contribution is 2.10. The average Bonchev–Trinajstić information content (AvgIpc) is 2.76. The van der Waals surface area contributed by atoms with Gasteiger partial charge in [0.05, 0.1) is 13.2 Å². The van der Waals surface area contributed by atoms with Gasteiger partial charge in [0.25, 0.3) is 0 Å². The number of carboxylic acid groups (broad SMARTS) is 1. The van der Waals surface area contributed by atoms with Crippen LogP contribution in [0, 0.1) is 0 Å². The van der Waals surface area contributed by atoms with E-state index < -0.39 is 5.97 Å². The third kappa shape index (κ3) is 23.5. The molecule has 0 aliphatic heterocycles. The second-order valence-corrected chi connectivity index (χ2v) is 8.98. The van der Waals surface area contributed by atoms with Crippen molar-refractivity contribution in [2.75, 3.05) is 32.8 Å². The molecule has 0 aromatic rings. The summed E-state index contributed by atoms with van der Waals surface area (Å²) in [5, 5.41) is 17.9. The van der Waals surface area contributed by atoms with Gasteiger partial charge in [-0.1, -0.05) is 77.6 Å². The van der Waals surface area contributed by atoms with Crippen molar-refractivity contribution in [3.8, 4) is 0 Å². The van der Waals surface area contributed by atoms with Crippen LogP contribution in [-0.4, -0.2) is 59.9 Å². The van der Waals surface area contributed by atoms with Gasteiger partial charge in [-0.3, -0.25) is 9.59 Å². The first-order valence-corrected chi connectivity index (χ1v) is 13.3. The Hall–Kier alpha value is -1.14. The molecule has 0 aromatic heterocycles. The van der Waals surface area contributed by atoms with Crippen LogP contribution >= 0.6 is 0 Å². The molecule has 0 aliphatic carbocycles. The Kier molecular flexibility index (Phi) is 23.6. The third-order valence-corrected chi connectivity index (χ3v) is 5.90. The number of carbonyl (C=O) groups is 2. The Labute approximate surface area is 197 Å². The Morgan fingerprint density at radius 1 is 0.656 bits per heavy atom. The maximum Gasteiger partial charge on any atom is 0.305 e. The second kappa shape index (κ2) is 24.5. The van der Waals surface area contributed by atoms with Gasteiger partial charge in [0, 0.05) is 19.4 Å². The van der Waals surface area contributed by atoms with Crippen LogP contribution in [-0.2, 0) is 14.3 Å². The highest BCUT2D eigenvalue weighted by Gasteiger charge is 2.05. The number of nitrogens with zero attached hydrogens (tertiary/aromatic N) is 1. The van der Waals surface area contributed by atoms with Crippen molar-refractivity contribution < 1.29 is 24.5 Å². The molecule has 0 rings (SSSR count). The predicted molar refractivity (Wildman–Crippen MR) is 131 cm³/mol. The molecule has 2 N–H and O–H groups in total. The fourth-order valence-corrected chi connectivity index (χ4v) is 3.89. The highest BCUT2D eigenvalue weighted by atomic mass is 16.5. The Bertz CT molecular complexity index is 430. The van der Waals surface area contributed by atoms with Crippen molar-refractivity contribution in [1.82, 2.24) is 4.90 Å². The smallest absolute Gasteiger partial charge is 0.305 e. The monoisotopic (exact) mass is 457 g/mol. The molecule has 190 valence electrons. The van der Waals surface area contributed by atoms with Crippen molar-refractivity contribution in [2.24, 2.45) is 0 Å². The number of unbranched alkanes of at least 4 members (excludes halogenated alkanes) is 13. The van der Waals surface area contributed by atoms with Crippen molar-refractivity contribution in [3.63, 3.8) is 0 Å². The summed E-state index contributed by atoms with van der Waals surface area (Å²) < 4.78 is 5.32. The summed E-state index contributed by atoms with van der Waals surface area (Å²) in [4.78, 5) is 24.6. The molecule has 0 atom stereocenters. The lowest BCUT2D eigenvalue weighted by Gasteiger charge is -2.21. The number of hydrogen-bond acceptors (Lipinski definition) is 5. The minimum absolute atomic E-state index is 0.0457. The Morgan fingerprint density at radius 3 is 1.72 bits per heavy atom. The van der Waals surface area contributed by atoms with Crippen LogP contribution in [0.3, 0.4) is 0 Å².